The minimum atomic E-state index is -2.58. The van der Waals surface area contributed by atoms with Crippen LogP contribution in [0.2, 0.25) is 0 Å². The largest absolute Gasteiger partial charge is 0.493 e. The van der Waals surface area contributed by atoms with Gasteiger partial charge in [-0.05, 0) is 18.4 Å². The molecule has 1 N–H and O–H groups in total. The van der Waals surface area contributed by atoms with E-state index in [1.807, 2.05) is 0 Å². The number of alkyl halides is 2. The highest BCUT2D eigenvalue weighted by molar-refractivity contribution is 8.13. The van der Waals surface area contributed by atoms with Gasteiger partial charge in [-0.15, -0.1) is 0 Å². The Bertz CT molecular complexity index is 518. The molecule has 0 bridgehead atoms. The summed E-state index contributed by atoms with van der Waals surface area (Å²) < 4.78 is 34.3. The summed E-state index contributed by atoms with van der Waals surface area (Å²) in [6, 6.07) is 4.66. The van der Waals surface area contributed by atoms with Crippen LogP contribution >= 0.6 is 11.8 Å². The molecule has 0 atom stereocenters. The summed E-state index contributed by atoms with van der Waals surface area (Å²) in [5.41, 5.74) is 0.460. The summed E-state index contributed by atoms with van der Waals surface area (Å²) >= 11 is 1.25. The molecule has 1 rings (SSSR count). The van der Waals surface area contributed by atoms with Crippen molar-refractivity contribution < 1.29 is 18.3 Å². The van der Waals surface area contributed by atoms with Gasteiger partial charge in [-0.2, -0.15) is 5.26 Å². The maximum Gasteiger partial charge on any atom is 0.272 e. The van der Waals surface area contributed by atoms with Gasteiger partial charge in [-0.25, -0.2) is 13.8 Å². The van der Waals surface area contributed by atoms with Crippen molar-refractivity contribution >= 4 is 22.6 Å². The van der Waals surface area contributed by atoms with Crippen LogP contribution in [0.25, 0.3) is 0 Å². The monoisotopic (exact) mass is 301 g/mol. The standard InChI is InChI=1S/C12H13F2N3O2S/c1-18-9-4-3-8(17-12(20-2)16-7-15)5-10(9)19-6-11(13)14/h3-5,11H,6H2,1-2H3,(H,16,17). The van der Waals surface area contributed by atoms with Gasteiger partial charge in [0.1, 0.15) is 6.61 Å². The van der Waals surface area contributed by atoms with Gasteiger partial charge in [0.2, 0.25) is 0 Å². The number of nitrogens with one attached hydrogen (secondary N) is 1. The topological polar surface area (TPSA) is 66.6 Å². The van der Waals surface area contributed by atoms with Crippen LogP contribution in [-0.4, -0.2) is 31.6 Å². The van der Waals surface area contributed by atoms with Crippen molar-refractivity contribution in [1.29, 1.82) is 5.26 Å². The summed E-state index contributed by atoms with van der Waals surface area (Å²) in [5.74, 6) is 0.509. The number of thioether (sulfide) groups is 1. The Morgan fingerprint density at radius 1 is 1.50 bits per heavy atom. The summed E-state index contributed by atoms with van der Waals surface area (Å²) in [4.78, 5) is 4.15. The fraction of sp³-hybridized carbons (Fsp3) is 0.333. The van der Waals surface area contributed by atoms with E-state index in [0.29, 0.717) is 16.6 Å². The lowest BCUT2D eigenvalue weighted by Crippen LogP contribution is -2.12. The highest BCUT2D eigenvalue weighted by Crippen LogP contribution is 2.32. The van der Waals surface area contributed by atoms with Crippen LogP contribution < -0.4 is 14.8 Å². The zero-order valence-electron chi connectivity index (χ0n) is 10.9. The fourth-order valence-corrected chi connectivity index (χ4v) is 1.63. The molecule has 1 aromatic carbocycles. The van der Waals surface area contributed by atoms with E-state index in [9.17, 15) is 8.78 Å². The molecule has 0 aliphatic heterocycles. The van der Waals surface area contributed by atoms with Gasteiger partial charge in [0.15, 0.2) is 22.9 Å². The second-order valence-corrected chi connectivity index (χ2v) is 4.19. The van der Waals surface area contributed by atoms with Crippen LogP contribution in [0.4, 0.5) is 14.5 Å². The van der Waals surface area contributed by atoms with E-state index in [1.165, 1.54) is 24.9 Å². The molecule has 0 aliphatic rings. The van der Waals surface area contributed by atoms with E-state index in [0.717, 1.165) is 0 Å². The van der Waals surface area contributed by atoms with Crippen molar-refractivity contribution in [1.82, 2.24) is 5.32 Å². The predicted molar refractivity (Wildman–Crippen MR) is 73.9 cm³/mol. The molecule has 0 saturated heterocycles. The fourth-order valence-electron chi connectivity index (χ4n) is 1.29. The van der Waals surface area contributed by atoms with Crippen LogP contribution in [0.3, 0.4) is 0 Å². The normalized spacial score (nSPS) is 11.1. The number of aliphatic imine (C=N–C) groups is 1. The van der Waals surface area contributed by atoms with Crippen molar-refractivity contribution in [3.63, 3.8) is 0 Å². The number of ether oxygens (including phenoxy) is 2. The van der Waals surface area contributed by atoms with Gasteiger partial charge in [-0.1, -0.05) is 11.8 Å². The van der Waals surface area contributed by atoms with Gasteiger partial charge >= 0.3 is 0 Å². The van der Waals surface area contributed by atoms with Gasteiger partial charge in [0.25, 0.3) is 6.43 Å². The Balaban J connectivity index is 2.99. The molecule has 0 amide bonds. The van der Waals surface area contributed by atoms with Crippen LogP contribution in [0.15, 0.2) is 23.2 Å². The number of hydrogen-bond donors (Lipinski definition) is 1. The number of hydrogen-bond acceptors (Lipinski definition) is 5. The molecular formula is C12H13F2N3O2S. The maximum atomic E-state index is 12.2. The molecule has 0 fully saturated rings. The second-order valence-electron chi connectivity index (χ2n) is 3.40. The number of rotatable bonds is 5. The lowest BCUT2D eigenvalue weighted by molar-refractivity contribution is 0.0805. The Kier molecular flexibility index (Phi) is 6.59. The third kappa shape index (κ3) is 4.93. The van der Waals surface area contributed by atoms with Crippen molar-refractivity contribution in [3.8, 4) is 17.7 Å². The minimum Gasteiger partial charge on any atom is -0.493 e. The summed E-state index contributed by atoms with van der Waals surface area (Å²) in [6.45, 7) is -0.727. The molecule has 0 saturated carbocycles. The van der Waals surface area contributed by atoms with E-state index >= 15 is 0 Å². The maximum absolute atomic E-state index is 12.2. The molecule has 0 aromatic heterocycles. The van der Waals surface area contributed by atoms with Gasteiger partial charge in [-0.3, -0.25) is 5.32 Å². The van der Waals surface area contributed by atoms with Crippen LogP contribution in [0.1, 0.15) is 0 Å². The van der Waals surface area contributed by atoms with Gasteiger partial charge < -0.3 is 9.47 Å². The quantitative estimate of drug-likeness (QED) is 0.392. The third-order valence-corrected chi connectivity index (χ3v) is 2.68. The van der Waals surface area contributed by atoms with E-state index < -0.39 is 13.0 Å². The smallest absolute Gasteiger partial charge is 0.272 e. The zero-order chi connectivity index (χ0) is 15.0. The van der Waals surface area contributed by atoms with Crippen molar-refractivity contribution in [3.05, 3.63) is 18.2 Å². The van der Waals surface area contributed by atoms with E-state index in [1.54, 1.807) is 24.6 Å². The molecule has 0 aliphatic carbocycles. The summed E-state index contributed by atoms with van der Waals surface area (Å²) in [7, 11) is 1.41. The Hall–Kier alpha value is -2.01. The highest BCUT2D eigenvalue weighted by atomic mass is 32.2. The number of benzene rings is 1. The highest BCUT2D eigenvalue weighted by Gasteiger charge is 2.10. The molecule has 0 unspecified atom stereocenters. The van der Waals surface area contributed by atoms with Crippen molar-refractivity contribution in [2.75, 3.05) is 20.0 Å². The number of nitriles is 1. The molecule has 1 aromatic rings. The summed E-state index contributed by atoms with van der Waals surface area (Å²) in [5, 5.41) is 11.3. The zero-order valence-corrected chi connectivity index (χ0v) is 11.7. The molecule has 0 heterocycles. The van der Waals surface area contributed by atoms with E-state index in [-0.39, 0.29) is 5.75 Å². The SMILES string of the molecule is COc1ccc(N=C(NC#N)SC)cc1OCC(F)F. The van der Waals surface area contributed by atoms with E-state index in [2.05, 4.69) is 10.3 Å². The van der Waals surface area contributed by atoms with Gasteiger partial charge in [0.05, 0.1) is 12.8 Å². The first kappa shape index (κ1) is 16.0. The molecular weight excluding hydrogens is 288 g/mol. The van der Waals surface area contributed by atoms with Crippen molar-refractivity contribution in [2.24, 2.45) is 4.99 Å². The molecule has 5 nitrogen and oxygen atoms in total. The van der Waals surface area contributed by atoms with Crippen LogP contribution in [0, 0.1) is 11.5 Å². The summed E-state index contributed by atoms with van der Waals surface area (Å²) in [6.07, 6.45) is 0.935. The number of halogens is 2. The second kappa shape index (κ2) is 8.22. The first-order valence-electron chi connectivity index (χ1n) is 5.47. The lowest BCUT2D eigenvalue weighted by atomic mass is 10.3. The Morgan fingerprint density at radius 2 is 2.25 bits per heavy atom. The molecule has 20 heavy (non-hydrogen) atoms. The molecule has 8 heteroatoms. The lowest BCUT2D eigenvalue weighted by Gasteiger charge is -2.11. The van der Waals surface area contributed by atoms with E-state index in [4.69, 9.17) is 14.7 Å². The number of nitrogens with zero attached hydrogens (tertiary/aromatic N) is 2. The van der Waals surface area contributed by atoms with Gasteiger partial charge in [0, 0.05) is 6.07 Å². The van der Waals surface area contributed by atoms with Crippen LogP contribution in [-0.2, 0) is 0 Å². The van der Waals surface area contributed by atoms with Crippen LogP contribution in [0.5, 0.6) is 11.5 Å². The molecule has 0 radical (unpaired) electrons. The average Bonchev–Trinajstić information content (AvgIpc) is 2.44. The first-order chi connectivity index (χ1) is 9.60. The number of methoxy groups -OCH3 is 1. The predicted octanol–water partition coefficient (Wildman–Crippen LogP) is 2.76. The first-order valence-corrected chi connectivity index (χ1v) is 6.70. The number of amidine groups is 1. The van der Waals surface area contributed by atoms with Crippen molar-refractivity contribution in [2.45, 2.75) is 6.43 Å². The Morgan fingerprint density at radius 3 is 2.80 bits per heavy atom. The molecule has 108 valence electrons. The third-order valence-electron chi connectivity index (χ3n) is 2.10. The molecule has 0 spiro atoms. The average molecular weight is 301 g/mol. The Labute approximate surface area is 119 Å². The minimum absolute atomic E-state index is 0.173.